The number of carbonyl (C=O) groups excluding carboxylic acids is 2. The number of nitrogens with one attached hydrogen (secondary N) is 1. The van der Waals surface area contributed by atoms with Crippen LogP contribution in [0.1, 0.15) is 5.56 Å². The van der Waals surface area contributed by atoms with Crippen molar-refractivity contribution in [2.24, 2.45) is 5.92 Å². The van der Waals surface area contributed by atoms with Gasteiger partial charge in [0.2, 0.25) is 11.8 Å². The Bertz CT molecular complexity index is 830. The van der Waals surface area contributed by atoms with Crippen LogP contribution in [0.3, 0.4) is 0 Å². The molecule has 1 N–H and O–H groups in total. The summed E-state index contributed by atoms with van der Waals surface area (Å²) in [6.45, 7) is 4.77. The Morgan fingerprint density at radius 3 is 2.88 bits per heavy atom. The van der Waals surface area contributed by atoms with Crippen molar-refractivity contribution >= 4 is 45.0 Å². The van der Waals surface area contributed by atoms with Crippen LogP contribution in [0, 0.1) is 5.92 Å². The largest absolute Gasteiger partial charge is 0.337 e. The van der Waals surface area contributed by atoms with E-state index in [1.54, 1.807) is 22.0 Å². The summed E-state index contributed by atoms with van der Waals surface area (Å²) >= 11 is 9.58. The van der Waals surface area contributed by atoms with Gasteiger partial charge in [0.25, 0.3) is 0 Å². The van der Waals surface area contributed by atoms with Crippen molar-refractivity contribution in [3.63, 3.8) is 0 Å². The number of anilines is 1. The number of aromatic nitrogens is 2. The van der Waals surface area contributed by atoms with Crippen LogP contribution in [0.4, 0.5) is 5.69 Å². The molecule has 0 atom stereocenters. The molecule has 1 aromatic carbocycles. The maximum absolute atomic E-state index is 12.2. The highest BCUT2D eigenvalue weighted by Crippen LogP contribution is 2.23. The molecule has 1 aliphatic rings. The van der Waals surface area contributed by atoms with Gasteiger partial charge in [-0.3, -0.25) is 14.3 Å². The van der Waals surface area contributed by atoms with Crippen LogP contribution in [0.15, 0.2) is 47.7 Å². The molecule has 1 fully saturated rings. The Labute approximate surface area is 158 Å². The highest BCUT2D eigenvalue weighted by Gasteiger charge is 2.34. The second-order valence-corrected chi connectivity index (χ2v) is 7.12. The molecular formula is C17H16BrClN4O2. The van der Waals surface area contributed by atoms with Crippen LogP contribution in [0.5, 0.6) is 0 Å². The highest BCUT2D eigenvalue weighted by atomic mass is 79.9. The molecule has 1 saturated heterocycles. The van der Waals surface area contributed by atoms with Crippen LogP contribution in [0.25, 0.3) is 0 Å². The fraction of sp³-hybridized carbons (Fsp3) is 0.235. The summed E-state index contributed by atoms with van der Waals surface area (Å²) in [6, 6.07) is 5.67. The summed E-state index contributed by atoms with van der Waals surface area (Å²) in [5, 5.41) is 7.72. The van der Waals surface area contributed by atoms with Gasteiger partial charge >= 0.3 is 0 Å². The summed E-state index contributed by atoms with van der Waals surface area (Å²) in [5.41, 5.74) is 1.55. The summed E-state index contributed by atoms with van der Waals surface area (Å²) in [4.78, 5) is 25.1. The Balaban J connectivity index is 1.56. The SMILES string of the molecule is C=CC(=O)N1CC(C(=O)Nc2cnn(Cc3ccc(Br)cc3Cl)c2)C1. The van der Waals surface area contributed by atoms with Gasteiger partial charge in [0.15, 0.2) is 0 Å². The molecule has 0 saturated carbocycles. The van der Waals surface area contributed by atoms with E-state index in [0.717, 1.165) is 10.0 Å². The van der Waals surface area contributed by atoms with E-state index in [1.807, 2.05) is 18.2 Å². The second kappa shape index (κ2) is 7.41. The number of hydrogen-bond acceptors (Lipinski definition) is 3. The van der Waals surface area contributed by atoms with E-state index in [4.69, 9.17) is 11.6 Å². The Morgan fingerprint density at radius 1 is 1.44 bits per heavy atom. The number of carbonyl (C=O) groups is 2. The Kier molecular flexibility index (Phi) is 5.24. The molecule has 0 spiro atoms. The van der Waals surface area contributed by atoms with Gasteiger partial charge in [0, 0.05) is 28.8 Å². The topological polar surface area (TPSA) is 67.2 Å². The van der Waals surface area contributed by atoms with E-state index in [2.05, 4.69) is 32.9 Å². The van der Waals surface area contributed by atoms with Crippen molar-refractivity contribution < 1.29 is 9.59 Å². The fourth-order valence-electron chi connectivity index (χ4n) is 2.54. The first-order valence-corrected chi connectivity index (χ1v) is 8.82. The number of halogens is 2. The predicted octanol–water partition coefficient (Wildman–Crippen LogP) is 2.93. The number of amides is 2. The lowest BCUT2D eigenvalue weighted by atomic mass is 9.99. The zero-order valence-corrected chi connectivity index (χ0v) is 15.6. The monoisotopic (exact) mass is 422 g/mol. The van der Waals surface area contributed by atoms with Crippen molar-refractivity contribution in [3.8, 4) is 0 Å². The van der Waals surface area contributed by atoms with E-state index in [0.29, 0.717) is 30.3 Å². The summed E-state index contributed by atoms with van der Waals surface area (Å²) in [6.07, 6.45) is 4.60. The van der Waals surface area contributed by atoms with E-state index in [1.165, 1.54) is 6.08 Å². The third-order valence-corrected chi connectivity index (χ3v) is 4.83. The first kappa shape index (κ1) is 17.7. The molecular weight excluding hydrogens is 408 g/mol. The average molecular weight is 424 g/mol. The van der Waals surface area contributed by atoms with Gasteiger partial charge in [-0.15, -0.1) is 0 Å². The minimum atomic E-state index is -0.201. The van der Waals surface area contributed by atoms with Crippen LogP contribution >= 0.6 is 27.5 Å². The summed E-state index contributed by atoms with van der Waals surface area (Å²) in [7, 11) is 0. The molecule has 0 aliphatic carbocycles. The molecule has 25 heavy (non-hydrogen) atoms. The highest BCUT2D eigenvalue weighted by molar-refractivity contribution is 9.10. The van der Waals surface area contributed by atoms with Gasteiger partial charge < -0.3 is 10.2 Å². The normalized spacial score (nSPS) is 14.1. The standard InChI is InChI=1S/C17H16BrClN4O2/c1-2-16(24)22-7-12(8-22)17(25)21-14-6-20-23(10-14)9-11-3-4-13(18)5-15(11)19/h2-6,10,12H,1,7-9H2,(H,21,25). The smallest absolute Gasteiger partial charge is 0.246 e. The lowest BCUT2D eigenvalue weighted by Gasteiger charge is -2.37. The number of nitrogens with zero attached hydrogens (tertiary/aromatic N) is 3. The Hall–Kier alpha value is -2.12. The van der Waals surface area contributed by atoms with Gasteiger partial charge in [-0.05, 0) is 23.8 Å². The first-order valence-electron chi connectivity index (χ1n) is 7.65. The molecule has 1 aliphatic heterocycles. The lowest BCUT2D eigenvalue weighted by Crippen LogP contribution is -2.53. The second-order valence-electron chi connectivity index (χ2n) is 5.80. The average Bonchev–Trinajstić information content (AvgIpc) is 2.95. The Morgan fingerprint density at radius 2 is 2.20 bits per heavy atom. The molecule has 2 aromatic rings. The number of rotatable bonds is 5. The molecule has 0 unspecified atom stereocenters. The number of hydrogen-bond donors (Lipinski definition) is 1. The molecule has 3 rings (SSSR count). The minimum Gasteiger partial charge on any atom is -0.337 e. The zero-order valence-electron chi connectivity index (χ0n) is 13.3. The molecule has 6 nitrogen and oxygen atoms in total. The molecule has 2 amide bonds. The van der Waals surface area contributed by atoms with E-state index in [9.17, 15) is 9.59 Å². The number of likely N-dealkylation sites (tertiary alicyclic amines) is 1. The van der Waals surface area contributed by atoms with E-state index < -0.39 is 0 Å². The first-order chi connectivity index (χ1) is 12.0. The van der Waals surface area contributed by atoms with E-state index >= 15 is 0 Å². The van der Waals surface area contributed by atoms with Crippen molar-refractivity contribution in [1.82, 2.24) is 14.7 Å². The molecule has 0 radical (unpaired) electrons. The summed E-state index contributed by atoms with van der Waals surface area (Å²) < 4.78 is 2.62. The van der Waals surface area contributed by atoms with Crippen molar-refractivity contribution in [2.45, 2.75) is 6.54 Å². The molecule has 2 heterocycles. The van der Waals surface area contributed by atoms with Gasteiger partial charge in [0.1, 0.15) is 0 Å². The van der Waals surface area contributed by atoms with Crippen LogP contribution in [0.2, 0.25) is 5.02 Å². The number of benzene rings is 1. The maximum Gasteiger partial charge on any atom is 0.246 e. The van der Waals surface area contributed by atoms with Crippen LogP contribution in [-0.4, -0.2) is 39.6 Å². The van der Waals surface area contributed by atoms with Crippen molar-refractivity contribution in [3.05, 3.63) is 58.3 Å². The third-order valence-electron chi connectivity index (χ3n) is 3.99. The molecule has 0 bridgehead atoms. The summed E-state index contributed by atoms with van der Waals surface area (Å²) in [5.74, 6) is -0.467. The zero-order chi connectivity index (χ0) is 18.0. The van der Waals surface area contributed by atoms with Crippen LogP contribution < -0.4 is 5.32 Å². The van der Waals surface area contributed by atoms with Crippen molar-refractivity contribution in [2.75, 3.05) is 18.4 Å². The van der Waals surface area contributed by atoms with Gasteiger partial charge in [-0.1, -0.05) is 40.2 Å². The predicted molar refractivity (Wildman–Crippen MR) is 99.4 cm³/mol. The molecule has 8 heteroatoms. The quantitative estimate of drug-likeness (QED) is 0.752. The van der Waals surface area contributed by atoms with Crippen LogP contribution in [-0.2, 0) is 16.1 Å². The molecule has 1 aromatic heterocycles. The molecule has 130 valence electrons. The third kappa shape index (κ3) is 4.11. The van der Waals surface area contributed by atoms with Gasteiger partial charge in [0.05, 0.1) is 24.3 Å². The minimum absolute atomic E-state index is 0.116. The fourth-order valence-corrected chi connectivity index (χ4v) is 3.27. The van der Waals surface area contributed by atoms with E-state index in [-0.39, 0.29) is 17.7 Å². The maximum atomic E-state index is 12.2. The van der Waals surface area contributed by atoms with Crippen molar-refractivity contribution in [1.29, 1.82) is 0 Å². The van der Waals surface area contributed by atoms with Gasteiger partial charge in [-0.2, -0.15) is 5.10 Å². The van der Waals surface area contributed by atoms with Gasteiger partial charge in [-0.25, -0.2) is 0 Å². The lowest BCUT2D eigenvalue weighted by molar-refractivity contribution is -0.137.